The number of Topliss-reactive ketones (excluding diaryl/α,β-unsaturated/α-hetero) is 2. The molecule has 2 heterocycles. The summed E-state index contributed by atoms with van der Waals surface area (Å²) in [5.41, 5.74) is 4.27. The van der Waals surface area contributed by atoms with E-state index in [1.165, 1.54) is 0 Å². The van der Waals surface area contributed by atoms with E-state index in [1.54, 1.807) is 6.07 Å². The summed E-state index contributed by atoms with van der Waals surface area (Å²) >= 11 is 0. The average Bonchev–Trinajstić information content (AvgIpc) is 3.34. The van der Waals surface area contributed by atoms with Crippen molar-refractivity contribution in [3.63, 3.8) is 0 Å². The fraction of sp³-hybridized carbons (Fsp3) is 0.385. The van der Waals surface area contributed by atoms with Gasteiger partial charge in [-0.1, -0.05) is 19.1 Å². The van der Waals surface area contributed by atoms with Crippen LogP contribution in [0.25, 0.3) is 10.9 Å². The zero-order valence-electron chi connectivity index (χ0n) is 17.8. The molecule has 2 aliphatic rings. The van der Waals surface area contributed by atoms with E-state index in [0.29, 0.717) is 48.8 Å². The van der Waals surface area contributed by atoms with Crippen LogP contribution in [0.2, 0.25) is 0 Å². The summed E-state index contributed by atoms with van der Waals surface area (Å²) in [6.45, 7) is 2.91. The van der Waals surface area contributed by atoms with Gasteiger partial charge in [0.25, 0.3) is 0 Å². The van der Waals surface area contributed by atoms with Crippen molar-refractivity contribution in [2.45, 2.75) is 45.1 Å². The molecule has 5 heteroatoms. The molecule has 5 nitrogen and oxygen atoms in total. The number of aliphatic hydroxyl groups excluding tert-OH is 1. The quantitative estimate of drug-likeness (QED) is 0.538. The molecule has 1 saturated carbocycles. The average molecular weight is 418 g/mol. The van der Waals surface area contributed by atoms with E-state index in [1.807, 2.05) is 35.9 Å². The zero-order chi connectivity index (χ0) is 21.5. The summed E-state index contributed by atoms with van der Waals surface area (Å²) in [5.74, 6) is 1.21. The maximum absolute atomic E-state index is 12.9. The molecule has 0 saturated heterocycles. The molecular formula is C26H27NO4. The van der Waals surface area contributed by atoms with E-state index < -0.39 is 0 Å². The summed E-state index contributed by atoms with van der Waals surface area (Å²) in [7, 11) is 0. The minimum atomic E-state index is -0.0410. The minimum absolute atomic E-state index is 0.00489. The highest BCUT2D eigenvalue weighted by Gasteiger charge is 2.33. The molecule has 1 aromatic heterocycles. The second kappa shape index (κ2) is 7.97. The highest BCUT2D eigenvalue weighted by atomic mass is 16.5. The Kier molecular flexibility index (Phi) is 5.14. The largest absolute Gasteiger partial charge is 0.492 e. The number of nitrogens with zero attached hydrogens (tertiary/aromatic N) is 1. The third-order valence-electron chi connectivity index (χ3n) is 6.57. The van der Waals surface area contributed by atoms with Gasteiger partial charge in [0.05, 0.1) is 18.8 Å². The predicted octanol–water partition coefficient (Wildman–Crippen LogP) is 4.73. The van der Waals surface area contributed by atoms with Crippen LogP contribution in [0, 0.1) is 5.92 Å². The van der Waals surface area contributed by atoms with Crippen LogP contribution in [0.15, 0.2) is 42.6 Å². The summed E-state index contributed by atoms with van der Waals surface area (Å²) < 4.78 is 8.11. The molecule has 1 aliphatic carbocycles. The second-order valence-electron chi connectivity index (χ2n) is 8.67. The van der Waals surface area contributed by atoms with Crippen molar-refractivity contribution in [2.24, 2.45) is 5.92 Å². The number of carbonyl (C=O) groups excluding carboxylic acids is 2. The van der Waals surface area contributed by atoms with Gasteiger partial charge < -0.3 is 14.4 Å². The van der Waals surface area contributed by atoms with E-state index in [0.717, 1.165) is 34.9 Å². The third kappa shape index (κ3) is 3.57. The molecule has 3 aromatic rings. The summed E-state index contributed by atoms with van der Waals surface area (Å²) in [4.78, 5) is 25.6. The van der Waals surface area contributed by atoms with Crippen molar-refractivity contribution in [2.75, 3.05) is 13.2 Å². The molecule has 0 radical (unpaired) electrons. The van der Waals surface area contributed by atoms with Gasteiger partial charge in [0, 0.05) is 53.5 Å². The van der Waals surface area contributed by atoms with Gasteiger partial charge in [-0.3, -0.25) is 9.59 Å². The van der Waals surface area contributed by atoms with Crippen LogP contribution >= 0.6 is 0 Å². The van der Waals surface area contributed by atoms with E-state index in [2.05, 4.69) is 12.1 Å². The van der Waals surface area contributed by atoms with Crippen LogP contribution in [-0.4, -0.2) is 34.5 Å². The number of aromatic nitrogens is 1. The van der Waals surface area contributed by atoms with Crippen molar-refractivity contribution >= 4 is 22.5 Å². The van der Waals surface area contributed by atoms with Gasteiger partial charge in [0.2, 0.25) is 0 Å². The van der Waals surface area contributed by atoms with Crippen molar-refractivity contribution in [3.8, 4) is 5.75 Å². The SMILES string of the molecule is CCC(=O)c1cc(C(=O)CC2CC2)cc2c1OCC2c1cccc2c1ccn2CCO. The molecule has 1 fully saturated rings. The molecule has 5 rings (SSSR count). The molecular weight excluding hydrogens is 390 g/mol. The van der Waals surface area contributed by atoms with Crippen LogP contribution < -0.4 is 4.74 Å². The molecule has 0 bridgehead atoms. The minimum Gasteiger partial charge on any atom is -0.492 e. The van der Waals surface area contributed by atoms with Crippen LogP contribution in [0.5, 0.6) is 5.75 Å². The lowest BCUT2D eigenvalue weighted by Gasteiger charge is -2.14. The van der Waals surface area contributed by atoms with Gasteiger partial charge in [-0.05, 0) is 48.6 Å². The number of benzene rings is 2. The summed E-state index contributed by atoms with van der Waals surface area (Å²) in [6.07, 6.45) is 5.17. The summed E-state index contributed by atoms with van der Waals surface area (Å²) in [6, 6.07) is 11.9. The van der Waals surface area contributed by atoms with E-state index >= 15 is 0 Å². The maximum Gasteiger partial charge on any atom is 0.166 e. The Bertz CT molecular complexity index is 1170. The van der Waals surface area contributed by atoms with Crippen LogP contribution in [0.3, 0.4) is 0 Å². The first-order chi connectivity index (χ1) is 15.1. The standard InChI is InChI=1S/C26H27NO4/c1-2-24(29)21-14-17(25(30)12-16-6-7-16)13-20-22(15-31-26(20)21)18-4-3-5-23-19(18)8-9-27(23)10-11-28/h3-5,8-9,13-14,16,22,28H,2,6-7,10-12,15H2,1H3. The first-order valence-corrected chi connectivity index (χ1v) is 11.2. The molecule has 0 amide bonds. The predicted molar refractivity (Wildman–Crippen MR) is 119 cm³/mol. The fourth-order valence-corrected chi connectivity index (χ4v) is 4.70. The van der Waals surface area contributed by atoms with Gasteiger partial charge in [-0.25, -0.2) is 0 Å². The highest BCUT2D eigenvalue weighted by molar-refractivity contribution is 6.04. The molecule has 31 heavy (non-hydrogen) atoms. The molecule has 1 N–H and O–H groups in total. The number of hydrogen-bond acceptors (Lipinski definition) is 4. The number of ether oxygens (including phenoxy) is 1. The number of aliphatic hydroxyl groups is 1. The fourth-order valence-electron chi connectivity index (χ4n) is 4.70. The molecule has 1 unspecified atom stereocenters. The smallest absolute Gasteiger partial charge is 0.166 e. The van der Waals surface area contributed by atoms with Crippen LogP contribution in [0.1, 0.15) is 70.4 Å². The molecule has 1 aliphatic heterocycles. The van der Waals surface area contributed by atoms with E-state index in [9.17, 15) is 14.7 Å². The second-order valence-corrected chi connectivity index (χ2v) is 8.67. The summed E-state index contributed by atoms with van der Waals surface area (Å²) in [5, 5.41) is 10.5. The van der Waals surface area contributed by atoms with E-state index in [4.69, 9.17) is 4.74 Å². The van der Waals surface area contributed by atoms with Crippen molar-refractivity contribution < 1.29 is 19.4 Å². The number of carbonyl (C=O) groups is 2. The Morgan fingerprint density at radius 2 is 1.97 bits per heavy atom. The Hall–Kier alpha value is -2.92. The third-order valence-corrected chi connectivity index (χ3v) is 6.57. The van der Waals surface area contributed by atoms with Gasteiger partial charge in [0.15, 0.2) is 11.6 Å². The van der Waals surface area contributed by atoms with Crippen molar-refractivity contribution in [1.82, 2.24) is 4.57 Å². The lowest BCUT2D eigenvalue weighted by molar-refractivity contribution is 0.0976. The van der Waals surface area contributed by atoms with E-state index in [-0.39, 0.29) is 24.1 Å². The Morgan fingerprint density at radius 3 is 2.71 bits per heavy atom. The normalized spacial score (nSPS) is 17.5. The lowest BCUT2D eigenvalue weighted by atomic mass is 9.87. The Labute approximate surface area is 181 Å². The van der Waals surface area contributed by atoms with Gasteiger partial charge in [0.1, 0.15) is 5.75 Å². The lowest BCUT2D eigenvalue weighted by Crippen LogP contribution is -2.07. The Morgan fingerprint density at radius 1 is 1.13 bits per heavy atom. The number of ketones is 2. The molecule has 1 atom stereocenters. The van der Waals surface area contributed by atoms with Crippen LogP contribution in [0.4, 0.5) is 0 Å². The number of fused-ring (bicyclic) bond motifs is 2. The molecule has 160 valence electrons. The zero-order valence-corrected chi connectivity index (χ0v) is 17.8. The first-order valence-electron chi connectivity index (χ1n) is 11.2. The van der Waals surface area contributed by atoms with Crippen molar-refractivity contribution in [3.05, 3.63) is 64.8 Å². The van der Waals surface area contributed by atoms with Gasteiger partial charge in [-0.2, -0.15) is 0 Å². The molecule has 0 spiro atoms. The topological polar surface area (TPSA) is 68.5 Å². The monoisotopic (exact) mass is 417 g/mol. The molecule has 2 aromatic carbocycles. The number of rotatable bonds is 8. The van der Waals surface area contributed by atoms with Crippen LogP contribution in [-0.2, 0) is 6.54 Å². The number of hydrogen-bond donors (Lipinski definition) is 1. The van der Waals surface area contributed by atoms with Gasteiger partial charge >= 0.3 is 0 Å². The van der Waals surface area contributed by atoms with Gasteiger partial charge in [-0.15, -0.1) is 0 Å². The highest BCUT2D eigenvalue weighted by Crippen LogP contribution is 2.44. The Balaban J connectivity index is 1.61. The van der Waals surface area contributed by atoms with Crippen molar-refractivity contribution in [1.29, 1.82) is 0 Å². The maximum atomic E-state index is 12.9. The first kappa shape index (κ1) is 20.0.